The number of carboxylic acids is 3. The molecule has 0 aliphatic rings. The van der Waals surface area contributed by atoms with Gasteiger partial charge < -0.3 is 15.3 Å². The number of aliphatic carboxylic acids is 3. The average molecular weight is 328 g/mol. The largest absolute Gasteiger partial charge is 0.478 e. The van der Waals surface area contributed by atoms with E-state index in [1.807, 2.05) is 0 Å². The maximum Gasteiger partial charge on any atom is 0.330 e. The molecule has 0 saturated heterocycles. The van der Waals surface area contributed by atoms with Gasteiger partial charge in [0.1, 0.15) is 0 Å². The van der Waals surface area contributed by atoms with E-state index < -0.39 is 17.9 Å². The predicted molar refractivity (Wildman–Crippen MR) is 90.4 cm³/mol. The van der Waals surface area contributed by atoms with Crippen LogP contribution in [0.4, 0.5) is 0 Å². The molecular formula is C17H28O6. The summed E-state index contributed by atoms with van der Waals surface area (Å²) in [6.45, 7) is 10.4. The lowest BCUT2D eigenvalue weighted by molar-refractivity contribution is -0.133. The van der Waals surface area contributed by atoms with E-state index in [1.165, 1.54) is 6.08 Å². The number of allylic oxidation sites excluding steroid dienone is 2. The highest BCUT2D eigenvalue weighted by atomic mass is 16.4. The molecule has 0 aliphatic heterocycles. The van der Waals surface area contributed by atoms with Gasteiger partial charge in [0.15, 0.2) is 0 Å². The molecule has 0 rings (SSSR count). The molecule has 0 aromatic carbocycles. The van der Waals surface area contributed by atoms with E-state index in [1.54, 1.807) is 32.9 Å². The first-order valence-electron chi connectivity index (χ1n) is 7.30. The maximum atomic E-state index is 9.88. The Labute approximate surface area is 137 Å². The summed E-state index contributed by atoms with van der Waals surface area (Å²) in [5.41, 5.74) is 0.653. The molecule has 23 heavy (non-hydrogen) atoms. The van der Waals surface area contributed by atoms with Crippen molar-refractivity contribution in [2.45, 2.75) is 53.4 Å². The van der Waals surface area contributed by atoms with Gasteiger partial charge in [-0.25, -0.2) is 14.4 Å². The molecule has 0 fully saturated rings. The summed E-state index contributed by atoms with van der Waals surface area (Å²) in [5, 5.41) is 24.3. The monoisotopic (exact) mass is 328 g/mol. The Bertz CT molecular complexity index is 432. The van der Waals surface area contributed by atoms with Gasteiger partial charge in [-0.1, -0.05) is 45.4 Å². The maximum absolute atomic E-state index is 9.88. The molecule has 0 atom stereocenters. The highest BCUT2D eigenvalue weighted by Gasteiger charge is 1.96. The van der Waals surface area contributed by atoms with E-state index in [-0.39, 0.29) is 5.57 Å². The molecule has 3 N–H and O–H groups in total. The lowest BCUT2D eigenvalue weighted by Crippen LogP contribution is -1.95. The lowest BCUT2D eigenvalue weighted by atomic mass is 10.2. The fourth-order valence-corrected chi connectivity index (χ4v) is 0.781. The molecule has 0 amide bonds. The van der Waals surface area contributed by atoms with Gasteiger partial charge in [0.2, 0.25) is 0 Å². The third-order valence-electron chi connectivity index (χ3n) is 2.48. The van der Waals surface area contributed by atoms with Crippen molar-refractivity contribution >= 4 is 17.9 Å². The third kappa shape index (κ3) is 25.0. The van der Waals surface area contributed by atoms with E-state index in [2.05, 4.69) is 13.5 Å². The zero-order valence-electron chi connectivity index (χ0n) is 14.3. The van der Waals surface area contributed by atoms with Crippen LogP contribution in [0.5, 0.6) is 0 Å². The molecule has 0 aliphatic carbocycles. The minimum Gasteiger partial charge on any atom is -0.478 e. The molecule has 0 aromatic rings. The highest BCUT2D eigenvalue weighted by molar-refractivity contribution is 5.85. The van der Waals surface area contributed by atoms with Crippen LogP contribution in [0.1, 0.15) is 53.4 Å². The molecule has 0 unspecified atom stereocenters. The van der Waals surface area contributed by atoms with Crippen LogP contribution >= 0.6 is 0 Å². The Hall–Kier alpha value is -2.37. The average Bonchev–Trinajstić information content (AvgIpc) is 2.50. The second-order valence-electron chi connectivity index (χ2n) is 4.42. The Morgan fingerprint density at radius 2 is 1.57 bits per heavy atom. The smallest absolute Gasteiger partial charge is 0.330 e. The molecule has 0 aromatic heterocycles. The SMILES string of the molecule is C=C(CC)C(=O)O.CC=C(C)C(=O)O.CCCCC=CC(=O)O. The van der Waals surface area contributed by atoms with Gasteiger partial charge in [0.25, 0.3) is 0 Å². The van der Waals surface area contributed by atoms with Crippen molar-refractivity contribution in [3.8, 4) is 0 Å². The number of hydrogen-bond donors (Lipinski definition) is 3. The molecule has 132 valence electrons. The van der Waals surface area contributed by atoms with Gasteiger partial charge >= 0.3 is 17.9 Å². The molecule has 0 heterocycles. The van der Waals surface area contributed by atoms with Crippen LogP contribution in [0.2, 0.25) is 0 Å². The minimum atomic E-state index is -0.900. The van der Waals surface area contributed by atoms with Crippen molar-refractivity contribution in [1.82, 2.24) is 0 Å². The van der Waals surface area contributed by atoms with E-state index in [0.717, 1.165) is 19.3 Å². The topological polar surface area (TPSA) is 112 Å². The van der Waals surface area contributed by atoms with Gasteiger partial charge in [-0.2, -0.15) is 0 Å². The highest BCUT2D eigenvalue weighted by Crippen LogP contribution is 1.94. The standard InChI is InChI=1S/C7H12O2.2C5H8O2/c1-2-3-4-5-6-7(8)9;2*1-3-4(2)5(6)7/h5-6H,2-4H2,1H3,(H,8,9);3H,1-2H3,(H,6,7);2-3H2,1H3,(H,6,7). The molecule has 0 radical (unpaired) electrons. The molecule has 6 nitrogen and oxygen atoms in total. The zero-order valence-corrected chi connectivity index (χ0v) is 14.3. The fraction of sp³-hybridized carbons (Fsp3) is 0.471. The normalized spacial score (nSPS) is 10.0. The second kappa shape index (κ2) is 17.7. The summed E-state index contributed by atoms with van der Waals surface area (Å²) >= 11 is 0. The van der Waals surface area contributed by atoms with Crippen LogP contribution in [0.25, 0.3) is 0 Å². The first-order valence-corrected chi connectivity index (χ1v) is 7.30. The minimum absolute atomic E-state index is 0.264. The molecule has 6 heteroatoms. The van der Waals surface area contributed by atoms with Crippen LogP contribution in [0.15, 0.2) is 36.0 Å². The van der Waals surface area contributed by atoms with Gasteiger partial charge in [-0.3, -0.25) is 0 Å². The number of unbranched alkanes of at least 4 members (excludes halogenated alkanes) is 2. The summed E-state index contributed by atoms with van der Waals surface area (Å²) < 4.78 is 0. The Morgan fingerprint density at radius 3 is 1.74 bits per heavy atom. The van der Waals surface area contributed by atoms with Crippen LogP contribution < -0.4 is 0 Å². The van der Waals surface area contributed by atoms with E-state index in [9.17, 15) is 14.4 Å². The number of hydrogen-bond acceptors (Lipinski definition) is 3. The van der Waals surface area contributed by atoms with Gasteiger partial charge in [-0.05, 0) is 26.7 Å². The fourth-order valence-electron chi connectivity index (χ4n) is 0.781. The first kappa shape index (κ1) is 25.6. The van der Waals surface area contributed by atoms with E-state index >= 15 is 0 Å². The summed E-state index contributed by atoms with van der Waals surface area (Å²) in [4.78, 5) is 29.6. The lowest BCUT2D eigenvalue weighted by Gasteiger charge is -1.87. The Balaban J connectivity index is -0.000000264. The quantitative estimate of drug-likeness (QED) is 0.483. The number of rotatable bonds is 7. The van der Waals surface area contributed by atoms with Crippen molar-refractivity contribution in [1.29, 1.82) is 0 Å². The van der Waals surface area contributed by atoms with Crippen LogP contribution in [0, 0.1) is 0 Å². The number of carbonyl (C=O) groups is 3. The van der Waals surface area contributed by atoms with Crippen molar-refractivity contribution in [2.24, 2.45) is 0 Å². The zero-order chi connectivity index (χ0) is 18.8. The van der Waals surface area contributed by atoms with Gasteiger partial charge in [-0.15, -0.1) is 0 Å². The van der Waals surface area contributed by atoms with Crippen LogP contribution in [-0.2, 0) is 14.4 Å². The Kier molecular flexibility index (Phi) is 19.7. The molecular weight excluding hydrogens is 300 g/mol. The Morgan fingerprint density at radius 1 is 1.04 bits per heavy atom. The molecule has 0 saturated carbocycles. The third-order valence-corrected chi connectivity index (χ3v) is 2.48. The summed E-state index contributed by atoms with van der Waals surface area (Å²) in [5.74, 6) is -2.60. The van der Waals surface area contributed by atoms with Crippen LogP contribution in [-0.4, -0.2) is 33.2 Å². The van der Waals surface area contributed by atoms with Gasteiger partial charge in [0, 0.05) is 17.2 Å². The molecule has 0 bridgehead atoms. The van der Waals surface area contributed by atoms with Crippen molar-refractivity contribution in [3.05, 3.63) is 36.0 Å². The van der Waals surface area contributed by atoms with E-state index in [0.29, 0.717) is 12.0 Å². The van der Waals surface area contributed by atoms with Crippen molar-refractivity contribution < 1.29 is 29.7 Å². The van der Waals surface area contributed by atoms with Crippen molar-refractivity contribution in [3.63, 3.8) is 0 Å². The van der Waals surface area contributed by atoms with Crippen molar-refractivity contribution in [2.75, 3.05) is 0 Å². The van der Waals surface area contributed by atoms with Crippen LogP contribution in [0.3, 0.4) is 0 Å². The number of carboxylic acid groups (broad SMARTS) is 3. The summed E-state index contributed by atoms with van der Waals surface area (Å²) in [6, 6.07) is 0. The second-order valence-corrected chi connectivity index (χ2v) is 4.42. The first-order chi connectivity index (χ1) is 10.6. The summed E-state index contributed by atoms with van der Waals surface area (Å²) in [6.07, 6.45) is 8.02. The van der Waals surface area contributed by atoms with E-state index in [4.69, 9.17) is 15.3 Å². The van der Waals surface area contributed by atoms with Gasteiger partial charge in [0.05, 0.1) is 0 Å². The predicted octanol–water partition coefficient (Wildman–Crippen LogP) is 3.89. The molecule has 0 spiro atoms. The summed E-state index contributed by atoms with van der Waals surface area (Å²) in [7, 11) is 0.